The van der Waals surface area contributed by atoms with E-state index in [1.165, 1.54) is 5.56 Å². The molecule has 0 unspecified atom stereocenters. The Bertz CT molecular complexity index is 454. The summed E-state index contributed by atoms with van der Waals surface area (Å²) in [5.74, 6) is 0. The highest BCUT2D eigenvalue weighted by atomic mass is 16.4. The lowest BCUT2D eigenvalue weighted by Gasteiger charge is -2.21. The van der Waals surface area contributed by atoms with E-state index in [0.717, 1.165) is 11.4 Å². The van der Waals surface area contributed by atoms with Gasteiger partial charge in [-0.15, -0.1) is 0 Å². The molecule has 1 rings (SSSR count). The molecule has 1 aromatic rings. The minimum Gasteiger partial charge on any atom is -0.411 e. The van der Waals surface area contributed by atoms with Crippen LogP contribution in [0.1, 0.15) is 40.2 Å². The van der Waals surface area contributed by atoms with Crippen LogP contribution in [0, 0.1) is 0 Å². The Labute approximate surface area is 103 Å². The van der Waals surface area contributed by atoms with Gasteiger partial charge in [-0.2, -0.15) is 0 Å². The van der Waals surface area contributed by atoms with E-state index >= 15 is 0 Å². The number of hydrogen-bond donors (Lipinski definition) is 1. The fourth-order valence-corrected chi connectivity index (χ4v) is 1.54. The fourth-order valence-electron chi connectivity index (χ4n) is 1.54. The second kappa shape index (κ2) is 5.13. The Morgan fingerprint density at radius 1 is 1.06 bits per heavy atom. The van der Waals surface area contributed by atoms with Crippen molar-refractivity contribution in [2.75, 3.05) is 0 Å². The number of aliphatic imine (C=N–C) groups is 1. The van der Waals surface area contributed by atoms with E-state index in [1.54, 1.807) is 6.92 Å². The summed E-state index contributed by atoms with van der Waals surface area (Å²) < 4.78 is 0. The average Bonchev–Trinajstić information content (AvgIpc) is 2.27. The lowest BCUT2D eigenvalue weighted by atomic mass is 9.86. The van der Waals surface area contributed by atoms with E-state index in [0.29, 0.717) is 5.71 Å². The lowest BCUT2D eigenvalue weighted by molar-refractivity contribution is 0.320. The van der Waals surface area contributed by atoms with Gasteiger partial charge < -0.3 is 5.21 Å². The van der Waals surface area contributed by atoms with Crippen LogP contribution in [0.25, 0.3) is 0 Å². The fraction of sp³-hybridized carbons (Fsp3) is 0.429. The van der Waals surface area contributed by atoms with Crippen molar-refractivity contribution in [2.24, 2.45) is 10.1 Å². The molecule has 3 nitrogen and oxygen atoms in total. The highest BCUT2D eigenvalue weighted by molar-refractivity contribution is 6.40. The van der Waals surface area contributed by atoms with Crippen molar-refractivity contribution in [1.29, 1.82) is 0 Å². The van der Waals surface area contributed by atoms with Gasteiger partial charge in [0, 0.05) is 0 Å². The molecule has 0 amide bonds. The highest BCUT2D eigenvalue weighted by Gasteiger charge is 2.17. The predicted molar refractivity (Wildman–Crippen MR) is 72.8 cm³/mol. The molecule has 0 saturated carbocycles. The molecule has 1 N–H and O–H groups in total. The summed E-state index contributed by atoms with van der Waals surface area (Å²) in [6.07, 6.45) is 0. The molecular formula is C14H20N2O. The van der Waals surface area contributed by atoms with E-state index in [-0.39, 0.29) is 5.41 Å². The Kier molecular flexibility index (Phi) is 4.05. The molecule has 17 heavy (non-hydrogen) atoms. The third kappa shape index (κ3) is 3.41. The van der Waals surface area contributed by atoms with Crippen molar-refractivity contribution in [2.45, 2.75) is 40.0 Å². The zero-order chi connectivity index (χ0) is 13.1. The van der Waals surface area contributed by atoms with Gasteiger partial charge in [0.15, 0.2) is 0 Å². The second-order valence-corrected chi connectivity index (χ2v) is 5.15. The summed E-state index contributed by atoms with van der Waals surface area (Å²) >= 11 is 0. The summed E-state index contributed by atoms with van der Waals surface area (Å²) in [6, 6.07) is 8.04. The number of para-hydroxylation sites is 1. The van der Waals surface area contributed by atoms with Gasteiger partial charge in [-0.1, -0.05) is 44.1 Å². The SMILES string of the molecule is CC(=NO)C(C)=Nc1ccccc1C(C)(C)C. The van der Waals surface area contributed by atoms with Crippen LogP contribution in [0.2, 0.25) is 0 Å². The molecule has 0 aliphatic heterocycles. The van der Waals surface area contributed by atoms with Crippen molar-refractivity contribution in [1.82, 2.24) is 0 Å². The van der Waals surface area contributed by atoms with E-state index in [9.17, 15) is 0 Å². The third-order valence-electron chi connectivity index (χ3n) is 2.67. The van der Waals surface area contributed by atoms with Crippen molar-refractivity contribution in [3.8, 4) is 0 Å². The molecule has 0 aromatic heterocycles. The first-order valence-electron chi connectivity index (χ1n) is 5.70. The Hall–Kier alpha value is -1.64. The van der Waals surface area contributed by atoms with Crippen LogP contribution in [0.5, 0.6) is 0 Å². The summed E-state index contributed by atoms with van der Waals surface area (Å²) in [7, 11) is 0. The average molecular weight is 232 g/mol. The van der Waals surface area contributed by atoms with Gasteiger partial charge in [0.25, 0.3) is 0 Å². The first-order chi connectivity index (χ1) is 7.86. The molecule has 0 fully saturated rings. The molecule has 92 valence electrons. The molecule has 0 aliphatic rings. The molecule has 0 spiro atoms. The van der Waals surface area contributed by atoms with Gasteiger partial charge in [0.1, 0.15) is 0 Å². The van der Waals surface area contributed by atoms with Crippen LogP contribution < -0.4 is 0 Å². The molecule has 0 bridgehead atoms. The van der Waals surface area contributed by atoms with Gasteiger partial charge in [-0.05, 0) is 30.9 Å². The van der Waals surface area contributed by atoms with Crippen LogP contribution >= 0.6 is 0 Å². The van der Waals surface area contributed by atoms with E-state index in [1.807, 2.05) is 25.1 Å². The number of oxime groups is 1. The smallest absolute Gasteiger partial charge is 0.0976 e. The Morgan fingerprint density at radius 2 is 1.65 bits per heavy atom. The van der Waals surface area contributed by atoms with Crippen LogP contribution in [-0.4, -0.2) is 16.6 Å². The molecule has 1 aromatic carbocycles. The number of nitrogens with zero attached hydrogens (tertiary/aromatic N) is 2. The molecule has 0 atom stereocenters. The minimum absolute atomic E-state index is 0.0463. The predicted octanol–water partition coefficient (Wildman–Crippen LogP) is 3.93. The summed E-state index contributed by atoms with van der Waals surface area (Å²) in [4.78, 5) is 4.52. The monoisotopic (exact) mass is 232 g/mol. The van der Waals surface area contributed by atoms with E-state index < -0.39 is 0 Å². The Morgan fingerprint density at radius 3 is 2.18 bits per heavy atom. The molecule has 0 saturated heterocycles. The zero-order valence-corrected chi connectivity index (χ0v) is 11.2. The molecule has 0 aliphatic carbocycles. The van der Waals surface area contributed by atoms with E-state index in [4.69, 9.17) is 5.21 Å². The third-order valence-corrected chi connectivity index (χ3v) is 2.67. The largest absolute Gasteiger partial charge is 0.411 e. The van der Waals surface area contributed by atoms with Crippen molar-refractivity contribution >= 4 is 17.1 Å². The normalized spacial score (nSPS) is 13.9. The number of rotatable bonds is 2. The summed E-state index contributed by atoms with van der Waals surface area (Å²) in [5, 5.41) is 11.9. The molecule has 3 heteroatoms. The quantitative estimate of drug-likeness (QED) is 0.468. The van der Waals surface area contributed by atoms with Gasteiger partial charge in [0.05, 0.1) is 17.1 Å². The first-order valence-corrected chi connectivity index (χ1v) is 5.70. The number of hydrogen-bond acceptors (Lipinski definition) is 3. The minimum atomic E-state index is 0.0463. The molecule has 0 heterocycles. The van der Waals surface area contributed by atoms with E-state index in [2.05, 4.69) is 37.0 Å². The maximum Gasteiger partial charge on any atom is 0.0976 e. The standard InChI is InChI=1S/C14H20N2O/c1-10(11(2)16-17)15-13-9-7-6-8-12(13)14(3,4)5/h6-9,17H,1-5H3. The van der Waals surface area contributed by atoms with Crippen molar-refractivity contribution < 1.29 is 5.21 Å². The van der Waals surface area contributed by atoms with Crippen LogP contribution in [-0.2, 0) is 5.41 Å². The summed E-state index contributed by atoms with van der Waals surface area (Å²) in [6.45, 7) is 10.0. The number of benzene rings is 1. The van der Waals surface area contributed by atoms with Crippen LogP contribution in [0.3, 0.4) is 0 Å². The Balaban J connectivity index is 3.25. The van der Waals surface area contributed by atoms with Crippen LogP contribution in [0.4, 0.5) is 5.69 Å². The summed E-state index contributed by atoms with van der Waals surface area (Å²) in [5.41, 5.74) is 3.42. The van der Waals surface area contributed by atoms with Gasteiger partial charge in [-0.3, -0.25) is 4.99 Å². The first kappa shape index (κ1) is 13.4. The second-order valence-electron chi connectivity index (χ2n) is 5.15. The maximum absolute atomic E-state index is 8.72. The van der Waals surface area contributed by atoms with Gasteiger partial charge in [0.2, 0.25) is 0 Å². The van der Waals surface area contributed by atoms with Gasteiger partial charge >= 0.3 is 0 Å². The van der Waals surface area contributed by atoms with Crippen molar-refractivity contribution in [3.05, 3.63) is 29.8 Å². The molecular weight excluding hydrogens is 212 g/mol. The molecule has 0 radical (unpaired) electrons. The maximum atomic E-state index is 8.72. The lowest BCUT2D eigenvalue weighted by Crippen LogP contribution is -2.12. The topological polar surface area (TPSA) is 45.0 Å². The van der Waals surface area contributed by atoms with Crippen molar-refractivity contribution in [3.63, 3.8) is 0 Å². The highest BCUT2D eigenvalue weighted by Crippen LogP contribution is 2.31. The van der Waals surface area contributed by atoms with Crippen LogP contribution in [0.15, 0.2) is 34.4 Å². The zero-order valence-electron chi connectivity index (χ0n) is 11.2. The van der Waals surface area contributed by atoms with Gasteiger partial charge in [-0.25, -0.2) is 0 Å².